The Morgan fingerprint density at radius 2 is 2.12 bits per heavy atom. The van der Waals surface area contributed by atoms with E-state index in [0.717, 1.165) is 36.8 Å². The minimum atomic E-state index is 0. The van der Waals surface area contributed by atoms with Gasteiger partial charge in [0.15, 0.2) is 5.96 Å². The Balaban J connectivity index is 0.00000312. The van der Waals surface area contributed by atoms with Gasteiger partial charge in [-0.25, -0.2) is 0 Å². The fourth-order valence-corrected chi connectivity index (χ4v) is 2.29. The molecule has 0 saturated carbocycles. The molecule has 138 valence electrons. The fourth-order valence-electron chi connectivity index (χ4n) is 2.29. The van der Waals surface area contributed by atoms with Gasteiger partial charge >= 0.3 is 0 Å². The van der Waals surface area contributed by atoms with Crippen molar-refractivity contribution in [3.8, 4) is 5.75 Å². The third kappa shape index (κ3) is 8.24. The van der Waals surface area contributed by atoms with E-state index in [1.807, 2.05) is 42.9 Å². The van der Waals surface area contributed by atoms with Crippen molar-refractivity contribution in [2.75, 3.05) is 13.6 Å². The van der Waals surface area contributed by atoms with Crippen molar-refractivity contribution in [1.29, 1.82) is 0 Å². The van der Waals surface area contributed by atoms with Crippen LogP contribution in [0.2, 0.25) is 0 Å². The maximum Gasteiger partial charge on any atom is 0.191 e. The summed E-state index contributed by atoms with van der Waals surface area (Å²) in [6.07, 6.45) is 4.93. The zero-order valence-electron chi connectivity index (χ0n) is 15.1. The Labute approximate surface area is 167 Å². The number of nitrogens with one attached hydrogen (secondary N) is 2. The van der Waals surface area contributed by atoms with Crippen molar-refractivity contribution in [3.63, 3.8) is 0 Å². The minimum Gasteiger partial charge on any atom is -0.491 e. The molecule has 0 amide bonds. The SMILES string of the molecule is CN=C(NCCCn1cccn1)NCc1cccc(OC(C)C)c1.I. The zero-order valence-corrected chi connectivity index (χ0v) is 17.4. The van der Waals surface area contributed by atoms with Crippen molar-refractivity contribution in [3.05, 3.63) is 48.3 Å². The largest absolute Gasteiger partial charge is 0.491 e. The number of benzene rings is 1. The van der Waals surface area contributed by atoms with Gasteiger partial charge in [0.25, 0.3) is 0 Å². The van der Waals surface area contributed by atoms with Crippen LogP contribution in [0.1, 0.15) is 25.8 Å². The van der Waals surface area contributed by atoms with Crippen molar-refractivity contribution < 1.29 is 4.74 Å². The van der Waals surface area contributed by atoms with E-state index in [4.69, 9.17) is 4.74 Å². The van der Waals surface area contributed by atoms with Gasteiger partial charge in [0.2, 0.25) is 0 Å². The van der Waals surface area contributed by atoms with Crippen LogP contribution in [-0.4, -0.2) is 35.4 Å². The molecule has 0 aliphatic heterocycles. The number of hydrogen-bond donors (Lipinski definition) is 2. The van der Waals surface area contributed by atoms with E-state index in [2.05, 4.69) is 32.9 Å². The first-order valence-electron chi connectivity index (χ1n) is 8.35. The van der Waals surface area contributed by atoms with Gasteiger partial charge in [-0.3, -0.25) is 9.67 Å². The summed E-state index contributed by atoms with van der Waals surface area (Å²) in [5.41, 5.74) is 1.16. The molecule has 2 rings (SSSR count). The van der Waals surface area contributed by atoms with Gasteiger partial charge in [0.05, 0.1) is 6.10 Å². The van der Waals surface area contributed by atoms with Crippen LogP contribution in [0, 0.1) is 0 Å². The summed E-state index contributed by atoms with van der Waals surface area (Å²) in [5.74, 6) is 1.69. The molecule has 7 heteroatoms. The van der Waals surface area contributed by atoms with Gasteiger partial charge in [-0.05, 0) is 44.0 Å². The Morgan fingerprint density at radius 1 is 1.28 bits per heavy atom. The topological polar surface area (TPSA) is 63.5 Å². The van der Waals surface area contributed by atoms with E-state index in [-0.39, 0.29) is 30.1 Å². The summed E-state index contributed by atoms with van der Waals surface area (Å²) in [5, 5.41) is 10.8. The minimum absolute atomic E-state index is 0. The lowest BCUT2D eigenvalue weighted by Crippen LogP contribution is -2.37. The second kappa shape index (κ2) is 11.7. The second-order valence-electron chi connectivity index (χ2n) is 5.79. The third-order valence-corrected chi connectivity index (χ3v) is 3.37. The molecule has 1 aromatic heterocycles. The zero-order chi connectivity index (χ0) is 17.2. The Bertz CT molecular complexity index is 628. The maximum absolute atomic E-state index is 5.72. The number of aromatic nitrogens is 2. The molecule has 2 aromatic rings. The third-order valence-electron chi connectivity index (χ3n) is 3.37. The first-order chi connectivity index (χ1) is 11.7. The molecule has 1 heterocycles. The van der Waals surface area contributed by atoms with Crippen LogP contribution in [0.5, 0.6) is 5.75 Å². The lowest BCUT2D eigenvalue weighted by Gasteiger charge is -2.13. The van der Waals surface area contributed by atoms with Crippen LogP contribution >= 0.6 is 24.0 Å². The number of nitrogens with zero attached hydrogens (tertiary/aromatic N) is 3. The van der Waals surface area contributed by atoms with E-state index in [9.17, 15) is 0 Å². The van der Waals surface area contributed by atoms with Crippen LogP contribution < -0.4 is 15.4 Å². The summed E-state index contributed by atoms with van der Waals surface area (Å²) >= 11 is 0. The lowest BCUT2D eigenvalue weighted by atomic mass is 10.2. The second-order valence-corrected chi connectivity index (χ2v) is 5.79. The molecule has 0 aliphatic carbocycles. The molecule has 0 spiro atoms. The molecule has 6 nitrogen and oxygen atoms in total. The molecular formula is C18H28IN5O. The number of halogens is 1. The van der Waals surface area contributed by atoms with E-state index >= 15 is 0 Å². The molecule has 0 saturated heterocycles. The van der Waals surface area contributed by atoms with Gasteiger partial charge in [-0.15, -0.1) is 24.0 Å². The highest BCUT2D eigenvalue weighted by Crippen LogP contribution is 2.14. The number of aliphatic imine (C=N–C) groups is 1. The summed E-state index contributed by atoms with van der Waals surface area (Å²) in [7, 11) is 1.78. The highest BCUT2D eigenvalue weighted by atomic mass is 127. The summed E-state index contributed by atoms with van der Waals surface area (Å²) in [4.78, 5) is 4.25. The molecular weight excluding hydrogens is 429 g/mol. The van der Waals surface area contributed by atoms with Gasteiger partial charge in [0, 0.05) is 39.1 Å². The lowest BCUT2D eigenvalue weighted by molar-refractivity contribution is 0.242. The first-order valence-corrected chi connectivity index (χ1v) is 8.35. The average molecular weight is 457 g/mol. The molecule has 0 unspecified atom stereocenters. The molecule has 25 heavy (non-hydrogen) atoms. The van der Waals surface area contributed by atoms with Crippen molar-refractivity contribution >= 4 is 29.9 Å². The Morgan fingerprint density at radius 3 is 2.80 bits per heavy atom. The predicted molar refractivity (Wildman–Crippen MR) is 113 cm³/mol. The Hall–Kier alpha value is -1.77. The van der Waals surface area contributed by atoms with Crippen molar-refractivity contribution in [2.24, 2.45) is 4.99 Å². The highest BCUT2D eigenvalue weighted by Gasteiger charge is 2.01. The molecule has 1 aromatic carbocycles. The number of aryl methyl sites for hydroxylation is 1. The number of hydrogen-bond acceptors (Lipinski definition) is 3. The fraction of sp³-hybridized carbons (Fsp3) is 0.444. The monoisotopic (exact) mass is 457 g/mol. The number of guanidine groups is 1. The van der Waals surface area contributed by atoms with Crippen LogP contribution in [0.15, 0.2) is 47.7 Å². The van der Waals surface area contributed by atoms with Gasteiger partial charge in [0.1, 0.15) is 5.75 Å². The summed E-state index contributed by atoms with van der Waals surface area (Å²) in [6, 6.07) is 10.1. The predicted octanol–water partition coefficient (Wildman–Crippen LogP) is 3.04. The quantitative estimate of drug-likeness (QED) is 0.277. The van der Waals surface area contributed by atoms with E-state index in [1.54, 1.807) is 13.2 Å². The van der Waals surface area contributed by atoms with Gasteiger partial charge < -0.3 is 15.4 Å². The van der Waals surface area contributed by atoms with Crippen molar-refractivity contribution in [1.82, 2.24) is 20.4 Å². The van der Waals surface area contributed by atoms with Crippen LogP contribution in [0.25, 0.3) is 0 Å². The number of ether oxygens (including phenoxy) is 1. The molecule has 2 N–H and O–H groups in total. The molecule has 0 radical (unpaired) electrons. The first kappa shape index (κ1) is 21.3. The van der Waals surface area contributed by atoms with Gasteiger partial charge in [-0.1, -0.05) is 12.1 Å². The smallest absolute Gasteiger partial charge is 0.191 e. The summed E-state index contributed by atoms with van der Waals surface area (Å²) < 4.78 is 7.65. The molecule has 0 fully saturated rings. The van der Waals surface area contributed by atoms with Crippen LogP contribution in [-0.2, 0) is 13.1 Å². The van der Waals surface area contributed by atoms with Gasteiger partial charge in [-0.2, -0.15) is 5.10 Å². The van der Waals surface area contributed by atoms with Crippen LogP contribution in [0.4, 0.5) is 0 Å². The standard InChI is InChI=1S/C18H27N5O.HI/c1-15(2)24-17-8-4-7-16(13-17)14-21-18(19-3)20-9-5-11-23-12-6-10-22-23;/h4,6-8,10,12-13,15H,5,9,11,14H2,1-3H3,(H2,19,20,21);1H. The van der Waals surface area contributed by atoms with E-state index in [0.29, 0.717) is 6.54 Å². The maximum atomic E-state index is 5.72. The number of rotatable bonds is 8. The summed E-state index contributed by atoms with van der Waals surface area (Å²) in [6.45, 7) is 6.50. The highest BCUT2D eigenvalue weighted by molar-refractivity contribution is 14.0. The molecule has 0 atom stereocenters. The molecule has 0 bridgehead atoms. The average Bonchev–Trinajstić information content (AvgIpc) is 3.07. The Kier molecular flexibility index (Phi) is 9.98. The molecule has 0 aliphatic rings. The van der Waals surface area contributed by atoms with Crippen LogP contribution in [0.3, 0.4) is 0 Å². The van der Waals surface area contributed by atoms with E-state index in [1.165, 1.54) is 0 Å². The van der Waals surface area contributed by atoms with Crippen molar-refractivity contribution in [2.45, 2.75) is 39.5 Å². The van der Waals surface area contributed by atoms with E-state index < -0.39 is 0 Å². The normalized spacial score (nSPS) is 11.1.